The number of hydrogen-bond acceptors (Lipinski definition) is 3. The van der Waals surface area contributed by atoms with E-state index in [0.29, 0.717) is 16.8 Å². The third-order valence-electron chi connectivity index (χ3n) is 4.05. The Morgan fingerprint density at radius 1 is 1.20 bits per heavy atom. The van der Waals surface area contributed by atoms with Crippen molar-refractivity contribution in [2.24, 2.45) is 0 Å². The molecule has 0 atom stereocenters. The first-order valence-electron chi connectivity index (χ1n) is 7.52. The van der Waals surface area contributed by atoms with E-state index in [2.05, 4.69) is 5.32 Å². The summed E-state index contributed by atoms with van der Waals surface area (Å²) in [5.74, 6) is 1.45. The van der Waals surface area contributed by atoms with E-state index in [1.807, 2.05) is 12.1 Å². The largest absolute Gasteiger partial charge is 0.493 e. The number of nitrogens with one attached hydrogen (secondary N) is 1. The van der Waals surface area contributed by atoms with Crippen LogP contribution in [0.5, 0.6) is 11.5 Å². The molecule has 0 bridgehead atoms. The van der Waals surface area contributed by atoms with Gasteiger partial charge in [-0.1, -0.05) is 11.6 Å². The molecular formula is C16H22ClNO2. The third-order valence-corrected chi connectivity index (χ3v) is 4.33. The fourth-order valence-electron chi connectivity index (χ4n) is 2.71. The minimum atomic E-state index is 0.289. The number of hydrogen-bond donors (Lipinski definition) is 1. The Bertz CT molecular complexity index is 468. The first-order valence-corrected chi connectivity index (χ1v) is 7.90. The van der Waals surface area contributed by atoms with Crippen LogP contribution in [0.3, 0.4) is 0 Å². The maximum Gasteiger partial charge on any atom is 0.180 e. The van der Waals surface area contributed by atoms with Gasteiger partial charge in [-0.2, -0.15) is 0 Å². The van der Waals surface area contributed by atoms with Gasteiger partial charge in [0.1, 0.15) is 0 Å². The third kappa shape index (κ3) is 3.39. The Balaban J connectivity index is 1.73. The normalized spacial score (nSPS) is 19.3. The molecule has 1 N–H and O–H groups in total. The summed E-state index contributed by atoms with van der Waals surface area (Å²) in [6.45, 7) is 0.838. The second-order valence-corrected chi connectivity index (χ2v) is 6.20. The van der Waals surface area contributed by atoms with Crippen molar-refractivity contribution in [3.63, 3.8) is 0 Å². The Morgan fingerprint density at radius 2 is 1.95 bits per heavy atom. The van der Waals surface area contributed by atoms with Crippen molar-refractivity contribution < 1.29 is 9.47 Å². The van der Waals surface area contributed by atoms with Gasteiger partial charge in [0.2, 0.25) is 0 Å². The van der Waals surface area contributed by atoms with Crippen LogP contribution in [-0.4, -0.2) is 19.3 Å². The lowest BCUT2D eigenvalue weighted by Crippen LogP contribution is -2.16. The summed E-state index contributed by atoms with van der Waals surface area (Å²) in [6, 6.07) is 4.71. The quantitative estimate of drug-likeness (QED) is 0.863. The molecule has 2 saturated carbocycles. The number of halogens is 1. The molecule has 4 heteroatoms. The van der Waals surface area contributed by atoms with Crippen LogP contribution in [0.4, 0.5) is 0 Å². The van der Waals surface area contributed by atoms with E-state index in [9.17, 15) is 0 Å². The molecule has 1 aromatic carbocycles. The van der Waals surface area contributed by atoms with Crippen molar-refractivity contribution in [3.05, 3.63) is 22.7 Å². The SMILES string of the molecule is COc1cc(CNC2CC2)cc(Cl)c1OC1CCCC1. The molecule has 0 aliphatic heterocycles. The summed E-state index contributed by atoms with van der Waals surface area (Å²) in [5.41, 5.74) is 1.15. The topological polar surface area (TPSA) is 30.5 Å². The van der Waals surface area contributed by atoms with Crippen LogP contribution >= 0.6 is 11.6 Å². The van der Waals surface area contributed by atoms with Gasteiger partial charge in [-0.3, -0.25) is 0 Å². The fraction of sp³-hybridized carbons (Fsp3) is 0.625. The molecule has 110 valence electrons. The van der Waals surface area contributed by atoms with Crippen molar-refractivity contribution in [2.45, 2.75) is 57.2 Å². The summed E-state index contributed by atoms with van der Waals surface area (Å²) in [5, 5.41) is 4.15. The summed E-state index contributed by atoms with van der Waals surface area (Å²) in [7, 11) is 1.67. The lowest BCUT2D eigenvalue weighted by Gasteiger charge is -2.18. The molecule has 0 aromatic heterocycles. The minimum absolute atomic E-state index is 0.289. The summed E-state index contributed by atoms with van der Waals surface area (Å²) in [6.07, 6.45) is 7.58. The Kier molecular flexibility index (Phi) is 4.37. The molecule has 3 nitrogen and oxygen atoms in total. The molecule has 0 amide bonds. The van der Waals surface area contributed by atoms with E-state index in [1.165, 1.54) is 25.7 Å². The van der Waals surface area contributed by atoms with Crippen LogP contribution in [0.25, 0.3) is 0 Å². The van der Waals surface area contributed by atoms with Gasteiger partial charge in [0.15, 0.2) is 11.5 Å². The molecule has 2 aliphatic carbocycles. The second kappa shape index (κ2) is 6.23. The lowest BCUT2D eigenvalue weighted by atomic mass is 10.2. The molecule has 0 unspecified atom stereocenters. The molecule has 1 aromatic rings. The number of rotatable bonds is 6. The Hall–Kier alpha value is -0.930. The van der Waals surface area contributed by atoms with Gasteiger partial charge >= 0.3 is 0 Å². The smallest absolute Gasteiger partial charge is 0.180 e. The van der Waals surface area contributed by atoms with E-state index in [-0.39, 0.29) is 6.10 Å². The predicted octanol–water partition coefficient (Wildman–Crippen LogP) is 3.92. The van der Waals surface area contributed by atoms with Crippen LogP contribution in [0.1, 0.15) is 44.1 Å². The Labute approximate surface area is 125 Å². The highest BCUT2D eigenvalue weighted by atomic mass is 35.5. The van der Waals surface area contributed by atoms with E-state index in [4.69, 9.17) is 21.1 Å². The van der Waals surface area contributed by atoms with Gasteiger partial charge in [-0.15, -0.1) is 0 Å². The monoisotopic (exact) mass is 295 g/mol. The molecule has 0 saturated heterocycles. The molecule has 2 fully saturated rings. The summed E-state index contributed by atoms with van der Waals surface area (Å²) >= 11 is 6.39. The van der Waals surface area contributed by atoms with Gasteiger partial charge in [-0.05, 0) is 56.2 Å². The maximum absolute atomic E-state index is 6.39. The highest BCUT2D eigenvalue weighted by Crippen LogP contribution is 2.39. The van der Waals surface area contributed by atoms with Crippen LogP contribution in [-0.2, 0) is 6.54 Å². The first-order chi connectivity index (χ1) is 9.76. The summed E-state index contributed by atoms with van der Waals surface area (Å²) in [4.78, 5) is 0. The van der Waals surface area contributed by atoms with E-state index in [0.717, 1.165) is 30.7 Å². The van der Waals surface area contributed by atoms with E-state index in [1.54, 1.807) is 7.11 Å². The molecule has 20 heavy (non-hydrogen) atoms. The number of ether oxygens (including phenoxy) is 2. The molecular weight excluding hydrogens is 274 g/mol. The zero-order valence-corrected chi connectivity index (χ0v) is 12.7. The zero-order chi connectivity index (χ0) is 13.9. The fourth-order valence-corrected chi connectivity index (χ4v) is 2.99. The van der Waals surface area contributed by atoms with Gasteiger partial charge in [0.25, 0.3) is 0 Å². The van der Waals surface area contributed by atoms with Gasteiger partial charge in [-0.25, -0.2) is 0 Å². The lowest BCUT2D eigenvalue weighted by molar-refractivity contribution is 0.201. The highest BCUT2D eigenvalue weighted by molar-refractivity contribution is 6.32. The van der Waals surface area contributed by atoms with Crippen LogP contribution in [0, 0.1) is 0 Å². The zero-order valence-electron chi connectivity index (χ0n) is 12.0. The van der Waals surface area contributed by atoms with Crippen molar-refractivity contribution in [2.75, 3.05) is 7.11 Å². The van der Waals surface area contributed by atoms with Crippen LogP contribution in [0.2, 0.25) is 5.02 Å². The average Bonchev–Trinajstić information content (AvgIpc) is 3.14. The summed E-state index contributed by atoms with van der Waals surface area (Å²) < 4.78 is 11.5. The van der Waals surface area contributed by atoms with Crippen molar-refractivity contribution >= 4 is 11.6 Å². The van der Waals surface area contributed by atoms with Crippen LogP contribution < -0.4 is 14.8 Å². The molecule has 0 heterocycles. The number of methoxy groups -OCH3 is 1. The van der Waals surface area contributed by atoms with E-state index < -0.39 is 0 Å². The Morgan fingerprint density at radius 3 is 2.60 bits per heavy atom. The molecule has 2 aliphatic rings. The number of benzene rings is 1. The maximum atomic E-state index is 6.39. The minimum Gasteiger partial charge on any atom is -0.493 e. The van der Waals surface area contributed by atoms with Crippen LogP contribution in [0.15, 0.2) is 12.1 Å². The average molecular weight is 296 g/mol. The van der Waals surface area contributed by atoms with Gasteiger partial charge in [0, 0.05) is 12.6 Å². The van der Waals surface area contributed by atoms with Crippen molar-refractivity contribution in [3.8, 4) is 11.5 Å². The standard InChI is InChI=1S/C16H22ClNO2/c1-19-15-9-11(10-18-12-6-7-12)8-14(17)16(15)20-13-4-2-3-5-13/h8-9,12-13,18H,2-7,10H2,1H3. The molecule has 3 rings (SSSR count). The van der Waals surface area contributed by atoms with Crippen molar-refractivity contribution in [1.82, 2.24) is 5.32 Å². The molecule has 0 spiro atoms. The van der Waals surface area contributed by atoms with E-state index >= 15 is 0 Å². The van der Waals surface area contributed by atoms with Gasteiger partial charge < -0.3 is 14.8 Å². The first kappa shape index (κ1) is 14.0. The predicted molar refractivity (Wildman–Crippen MR) is 80.7 cm³/mol. The van der Waals surface area contributed by atoms with Crippen molar-refractivity contribution in [1.29, 1.82) is 0 Å². The molecule has 0 radical (unpaired) electrons. The highest BCUT2D eigenvalue weighted by Gasteiger charge is 2.22. The second-order valence-electron chi connectivity index (χ2n) is 5.79. The van der Waals surface area contributed by atoms with Gasteiger partial charge in [0.05, 0.1) is 18.2 Å².